The largest absolute Gasteiger partial charge is 0.457 e. The molecule has 4 fully saturated rings. The van der Waals surface area contributed by atoms with Gasteiger partial charge in [0.25, 0.3) is 17.7 Å². The lowest BCUT2D eigenvalue weighted by atomic mass is 9.86. The third-order valence-electron chi connectivity index (χ3n) is 14.9. The average molecular weight is 896 g/mol. The second-order valence-corrected chi connectivity index (χ2v) is 18.8. The summed E-state index contributed by atoms with van der Waals surface area (Å²) in [6, 6.07) is 21.9. The molecule has 1 aromatic heterocycles. The molecule has 66 heavy (non-hydrogen) atoms. The molecule has 16 heteroatoms. The van der Waals surface area contributed by atoms with Crippen LogP contribution in [0.25, 0.3) is 11.3 Å². The summed E-state index contributed by atoms with van der Waals surface area (Å²) in [4.78, 5) is 85.0. The van der Waals surface area contributed by atoms with Gasteiger partial charge in [-0.25, -0.2) is 9.48 Å². The van der Waals surface area contributed by atoms with Gasteiger partial charge in [-0.05, 0) is 149 Å². The van der Waals surface area contributed by atoms with Crippen LogP contribution in [0.4, 0.5) is 10.6 Å². The van der Waals surface area contributed by atoms with Crippen LogP contribution in [0, 0.1) is 11.8 Å². The Morgan fingerprint density at radius 3 is 2.12 bits per heavy atom. The number of benzene rings is 3. The topological polar surface area (TPSA) is 193 Å². The molecule has 2 atom stereocenters. The van der Waals surface area contributed by atoms with Crippen LogP contribution in [0.3, 0.4) is 0 Å². The molecule has 6 aliphatic heterocycles. The maximum Gasteiger partial charge on any atom is 0.319 e. The van der Waals surface area contributed by atoms with E-state index in [1.165, 1.54) is 0 Å². The quantitative estimate of drug-likeness (QED) is 0.159. The molecule has 4 aromatic rings. The summed E-state index contributed by atoms with van der Waals surface area (Å²) in [5.74, 6) is 0.796. The van der Waals surface area contributed by atoms with Gasteiger partial charge in [-0.15, -0.1) is 0 Å². The minimum Gasteiger partial charge on any atom is -0.457 e. The predicted molar refractivity (Wildman–Crippen MR) is 245 cm³/mol. The maximum absolute atomic E-state index is 13.8. The van der Waals surface area contributed by atoms with Gasteiger partial charge < -0.3 is 30.5 Å². The highest BCUT2D eigenvalue weighted by molar-refractivity contribution is 6.23. The monoisotopic (exact) mass is 895 g/mol. The van der Waals surface area contributed by atoms with Crippen molar-refractivity contribution in [1.29, 1.82) is 0 Å². The molecule has 1 unspecified atom stereocenters. The van der Waals surface area contributed by atoms with Crippen LogP contribution < -0.4 is 21.1 Å². The number of rotatable bonds is 10. The van der Waals surface area contributed by atoms with Gasteiger partial charge >= 0.3 is 6.03 Å². The Bertz CT molecular complexity index is 2520. The molecule has 0 saturated carbocycles. The summed E-state index contributed by atoms with van der Waals surface area (Å²) in [6.07, 6.45) is 7.85. The predicted octanol–water partition coefficient (Wildman–Crippen LogP) is 6.01. The lowest BCUT2D eigenvalue weighted by Gasteiger charge is -2.41. The summed E-state index contributed by atoms with van der Waals surface area (Å²) in [7, 11) is 0. The Balaban J connectivity index is 0.673. The summed E-state index contributed by atoms with van der Waals surface area (Å²) >= 11 is 0. The van der Waals surface area contributed by atoms with Crippen molar-refractivity contribution in [2.24, 2.45) is 17.6 Å². The Labute approximate surface area is 383 Å². The first kappa shape index (κ1) is 43.3. The van der Waals surface area contributed by atoms with Crippen LogP contribution in [0.15, 0.2) is 72.8 Å². The number of ether oxygens (including phenoxy) is 1. The Hall–Kier alpha value is -6.55. The van der Waals surface area contributed by atoms with E-state index in [4.69, 9.17) is 15.6 Å². The van der Waals surface area contributed by atoms with Crippen LogP contribution in [0.1, 0.15) is 113 Å². The number of nitrogens with two attached hydrogens (primary N) is 1. The standard InChI is InChI=1S/C50H57N9O7/c51-45(61)43-44(34-6-9-37(10-7-34)66-36-4-2-1-3-5-36)54-59-40(14-22-52-46(43)59)33-20-28-57(29-21-33)50(65)56-26-16-31(17-27-56)15-23-55-24-18-32(19-25-55)35-8-11-38-39(30-35)49(64)58(48(38)63)41-12-13-42(60)53-47(41)62/h1-11,30-33,40-41,52H,12-29H2,(H2,51,61)(H,53,60,62)/t40-,41?/m0/s1. The number of amides is 7. The van der Waals surface area contributed by atoms with Crippen LogP contribution in [0.5, 0.6) is 11.5 Å². The lowest BCUT2D eigenvalue weighted by molar-refractivity contribution is -0.136. The van der Waals surface area contributed by atoms with Crippen molar-refractivity contribution in [2.75, 3.05) is 57.7 Å². The molecule has 6 aliphatic rings. The molecule has 344 valence electrons. The fraction of sp³-hybridized carbons (Fsp3) is 0.460. The number of fused-ring (bicyclic) bond motifs is 2. The lowest BCUT2D eigenvalue weighted by Crippen LogP contribution is -2.54. The van der Waals surface area contributed by atoms with Crippen LogP contribution in [-0.4, -0.2) is 123 Å². The maximum atomic E-state index is 13.8. The van der Waals surface area contributed by atoms with E-state index in [0.717, 1.165) is 106 Å². The number of piperidine rings is 4. The number of aromatic nitrogens is 2. The van der Waals surface area contributed by atoms with Gasteiger partial charge in [0.15, 0.2) is 0 Å². The molecule has 0 spiro atoms. The van der Waals surface area contributed by atoms with Crippen LogP contribution >= 0.6 is 0 Å². The molecule has 4 saturated heterocycles. The van der Waals surface area contributed by atoms with E-state index in [1.54, 1.807) is 6.07 Å². The van der Waals surface area contributed by atoms with Crippen molar-refractivity contribution in [3.8, 4) is 22.8 Å². The van der Waals surface area contributed by atoms with Gasteiger partial charge in [0.2, 0.25) is 11.8 Å². The van der Waals surface area contributed by atoms with Crippen molar-refractivity contribution in [2.45, 2.75) is 82.2 Å². The van der Waals surface area contributed by atoms with E-state index in [9.17, 15) is 28.8 Å². The number of imide groups is 2. The zero-order valence-electron chi connectivity index (χ0n) is 37.2. The number of carbonyl (C=O) groups excluding carboxylic acids is 6. The van der Waals surface area contributed by atoms with Gasteiger partial charge in [-0.1, -0.05) is 24.3 Å². The minimum absolute atomic E-state index is 0.0872. The second-order valence-electron chi connectivity index (χ2n) is 18.8. The molecule has 0 aliphatic carbocycles. The summed E-state index contributed by atoms with van der Waals surface area (Å²) < 4.78 is 7.96. The molecule has 7 heterocycles. The van der Waals surface area contributed by atoms with E-state index < -0.39 is 29.7 Å². The average Bonchev–Trinajstić information content (AvgIpc) is 3.86. The molecule has 0 bridgehead atoms. The van der Waals surface area contributed by atoms with Crippen molar-refractivity contribution in [1.82, 2.24) is 34.7 Å². The first-order valence-corrected chi connectivity index (χ1v) is 23.7. The number of likely N-dealkylation sites (tertiary alicyclic amines) is 3. The van der Waals surface area contributed by atoms with Crippen molar-refractivity contribution in [3.63, 3.8) is 0 Å². The second kappa shape index (κ2) is 18.4. The normalized spacial score (nSPS) is 22.2. The number of hydrogen-bond donors (Lipinski definition) is 3. The number of anilines is 1. The Morgan fingerprint density at radius 2 is 1.42 bits per heavy atom. The molecular weight excluding hydrogens is 839 g/mol. The van der Waals surface area contributed by atoms with E-state index in [-0.39, 0.29) is 36.7 Å². The molecular formula is C50H57N9O7. The fourth-order valence-corrected chi connectivity index (χ4v) is 11.2. The highest BCUT2D eigenvalue weighted by atomic mass is 16.5. The number of hydrogen-bond acceptors (Lipinski definition) is 10. The summed E-state index contributed by atoms with van der Waals surface area (Å²) in [5.41, 5.74) is 9.42. The molecule has 4 N–H and O–H groups in total. The van der Waals surface area contributed by atoms with Gasteiger partial charge in [0.05, 0.1) is 17.2 Å². The number of primary amides is 1. The third-order valence-corrected chi connectivity index (χ3v) is 14.9. The summed E-state index contributed by atoms with van der Waals surface area (Å²) in [6.45, 7) is 6.57. The number of nitrogens with zero attached hydrogens (tertiary/aromatic N) is 6. The number of para-hydroxylation sites is 1. The van der Waals surface area contributed by atoms with Crippen LogP contribution in [-0.2, 0) is 9.59 Å². The first-order chi connectivity index (χ1) is 32.1. The van der Waals surface area contributed by atoms with Crippen molar-refractivity contribution in [3.05, 3.63) is 95.1 Å². The third kappa shape index (κ3) is 8.54. The molecule has 7 amide bonds. The van der Waals surface area contributed by atoms with Crippen molar-refractivity contribution >= 4 is 41.4 Å². The molecule has 10 rings (SSSR count). The summed E-state index contributed by atoms with van der Waals surface area (Å²) in [5, 5.41) is 10.7. The highest BCUT2D eigenvalue weighted by Crippen LogP contribution is 2.41. The molecule has 16 nitrogen and oxygen atoms in total. The first-order valence-electron chi connectivity index (χ1n) is 23.7. The van der Waals surface area contributed by atoms with E-state index in [1.807, 2.05) is 81.2 Å². The molecule has 3 aromatic carbocycles. The minimum atomic E-state index is -0.966. The number of carbonyl (C=O) groups is 6. The Morgan fingerprint density at radius 1 is 0.742 bits per heavy atom. The fourth-order valence-electron chi connectivity index (χ4n) is 11.2. The van der Waals surface area contributed by atoms with Gasteiger partial charge in [0, 0.05) is 44.7 Å². The van der Waals surface area contributed by atoms with E-state index >= 15 is 0 Å². The zero-order chi connectivity index (χ0) is 45.5. The zero-order valence-corrected chi connectivity index (χ0v) is 37.2. The van der Waals surface area contributed by atoms with Gasteiger partial charge in [-0.3, -0.25) is 34.2 Å². The molecule has 0 radical (unpaired) electrons. The van der Waals surface area contributed by atoms with Gasteiger partial charge in [-0.2, -0.15) is 5.10 Å². The SMILES string of the molecule is NC(=O)c1c(-c2ccc(Oc3ccccc3)cc2)nn2c1NCC[C@H]2C1CCN(C(=O)N2CCC(CCN3CCC(c4ccc5c(c4)C(=O)N(C4CCC(=O)NC4=O)C5=O)CC3)CC2)CC1. The van der Waals surface area contributed by atoms with Gasteiger partial charge in [0.1, 0.15) is 34.6 Å². The smallest absolute Gasteiger partial charge is 0.319 e. The number of nitrogens with one attached hydrogen (secondary N) is 2. The highest BCUT2D eigenvalue weighted by Gasteiger charge is 2.45. The van der Waals surface area contributed by atoms with E-state index in [0.29, 0.717) is 65.4 Å². The van der Waals surface area contributed by atoms with Crippen LogP contribution in [0.2, 0.25) is 0 Å². The number of urea groups is 1. The Kier molecular flexibility index (Phi) is 12.1. The van der Waals surface area contributed by atoms with Crippen molar-refractivity contribution < 1.29 is 33.5 Å². The van der Waals surface area contributed by atoms with E-state index in [2.05, 4.69) is 15.5 Å².